The Morgan fingerprint density at radius 2 is 1.64 bits per heavy atom. The summed E-state index contributed by atoms with van der Waals surface area (Å²) >= 11 is 0. The number of anilines is 1. The van der Waals surface area contributed by atoms with Crippen molar-refractivity contribution >= 4 is 11.7 Å². The smallest absolute Gasteiger partial charge is 0.416 e. The minimum Gasteiger partial charge on any atom is -0.493 e. The number of halogens is 3. The number of fused-ring (bicyclic) bond motifs is 1. The summed E-state index contributed by atoms with van der Waals surface area (Å²) < 4.78 is 57.2. The van der Waals surface area contributed by atoms with E-state index in [0.29, 0.717) is 46.5 Å². The fraction of sp³-hybridized carbons (Fsp3) is 0.320. The highest BCUT2D eigenvalue weighted by molar-refractivity contribution is 6.00. The molecule has 36 heavy (non-hydrogen) atoms. The summed E-state index contributed by atoms with van der Waals surface area (Å²) in [6, 6.07) is 7.75. The van der Waals surface area contributed by atoms with Crippen molar-refractivity contribution in [3.8, 4) is 17.2 Å². The van der Waals surface area contributed by atoms with Crippen LogP contribution in [0.4, 0.5) is 19.1 Å². The van der Waals surface area contributed by atoms with Crippen molar-refractivity contribution in [1.82, 2.24) is 14.8 Å². The molecule has 0 amide bonds. The fourth-order valence-electron chi connectivity index (χ4n) is 4.89. The Labute approximate surface area is 204 Å². The molecule has 0 saturated heterocycles. The topological polar surface area (TPSA) is 87.5 Å². The first-order chi connectivity index (χ1) is 17.2. The predicted octanol–water partition coefficient (Wildman–Crippen LogP) is 4.74. The quantitative estimate of drug-likeness (QED) is 0.542. The molecule has 1 aliphatic heterocycles. The third-order valence-electron chi connectivity index (χ3n) is 6.57. The van der Waals surface area contributed by atoms with Crippen LogP contribution in [0, 0.1) is 0 Å². The van der Waals surface area contributed by atoms with E-state index in [1.807, 2.05) is 12.1 Å². The first kappa shape index (κ1) is 23.7. The Kier molecular flexibility index (Phi) is 5.85. The number of hydrogen-bond donors (Lipinski definition) is 1. The molecule has 2 heterocycles. The third-order valence-corrected chi connectivity index (χ3v) is 6.57. The Morgan fingerprint density at radius 3 is 2.22 bits per heavy atom. The van der Waals surface area contributed by atoms with Crippen LogP contribution in [0.15, 0.2) is 54.0 Å². The van der Waals surface area contributed by atoms with E-state index in [1.165, 1.54) is 44.5 Å². The number of ketones is 1. The van der Waals surface area contributed by atoms with Crippen molar-refractivity contribution in [1.29, 1.82) is 0 Å². The second-order valence-electron chi connectivity index (χ2n) is 8.55. The number of ether oxygens (including phenoxy) is 3. The average molecular weight is 500 g/mol. The second kappa shape index (κ2) is 8.89. The molecule has 5 rings (SSSR count). The number of carbonyl (C=O) groups is 1. The van der Waals surface area contributed by atoms with E-state index in [1.54, 1.807) is 0 Å². The van der Waals surface area contributed by atoms with Crippen molar-refractivity contribution < 1.29 is 32.2 Å². The highest BCUT2D eigenvalue weighted by atomic mass is 19.4. The van der Waals surface area contributed by atoms with Crippen molar-refractivity contribution in [2.75, 3.05) is 26.6 Å². The number of alkyl halides is 3. The minimum atomic E-state index is -4.45. The summed E-state index contributed by atoms with van der Waals surface area (Å²) in [5, 5.41) is 7.45. The van der Waals surface area contributed by atoms with Crippen LogP contribution in [0.25, 0.3) is 0 Å². The fourth-order valence-corrected chi connectivity index (χ4v) is 4.89. The molecule has 0 unspecified atom stereocenters. The summed E-state index contributed by atoms with van der Waals surface area (Å²) in [7, 11) is 4.57. The van der Waals surface area contributed by atoms with Gasteiger partial charge in [-0.1, -0.05) is 12.1 Å². The number of benzene rings is 2. The molecule has 1 N–H and O–H groups in total. The van der Waals surface area contributed by atoms with E-state index in [2.05, 4.69) is 15.4 Å². The Hall–Kier alpha value is -4.02. The number of allylic oxidation sites excluding steroid dienone is 2. The van der Waals surface area contributed by atoms with Gasteiger partial charge in [0, 0.05) is 17.7 Å². The molecular formula is C25H23F3N4O4. The Balaban J connectivity index is 1.55. The second-order valence-corrected chi connectivity index (χ2v) is 8.55. The average Bonchev–Trinajstić information content (AvgIpc) is 3.34. The van der Waals surface area contributed by atoms with Gasteiger partial charge in [0.15, 0.2) is 17.3 Å². The van der Waals surface area contributed by atoms with Crippen LogP contribution < -0.4 is 19.5 Å². The van der Waals surface area contributed by atoms with E-state index in [9.17, 15) is 18.0 Å². The maximum absolute atomic E-state index is 13.6. The lowest BCUT2D eigenvalue weighted by Crippen LogP contribution is -2.33. The summed E-state index contributed by atoms with van der Waals surface area (Å²) in [5.74, 6) is 1.51. The molecule has 2 aliphatic rings. The molecule has 0 fully saturated rings. The number of methoxy groups -OCH3 is 3. The standard InChI is InChI=1S/C25H23F3N4O4/c1-34-19-10-15(11-20(35-2)23(19)36-3)14-8-17-21(18(33)9-14)22(32-24(31-17)29-12-30-32)13-4-6-16(7-5-13)25(26,27)28/h4-7,10-12,14,22H,8-9H2,1-3H3,(H,29,30,31)/t14-,22+/m0/s1. The van der Waals surface area contributed by atoms with Crippen molar-refractivity contribution in [2.45, 2.75) is 31.0 Å². The number of hydrogen-bond acceptors (Lipinski definition) is 7. The zero-order chi connectivity index (χ0) is 25.6. The summed E-state index contributed by atoms with van der Waals surface area (Å²) in [6.07, 6.45) is -2.44. The lowest BCUT2D eigenvalue weighted by Gasteiger charge is -2.35. The number of nitrogens with one attached hydrogen (secondary N) is 1. The summed E-state index contributed by atoms with van der Waals surface area (Å²) in [4.78, 5) is 17.8. The maximum atomic E-state index is 13.6. The van der Waals surface area contributed by atoms with Gasteiger partial charge in [0.25, 0.3) is 0 Å². The first-order valence-corrected chi connectivity index (χ1v) is 11.1. The molecule has 11 heteroatoms. The molecule has 0 radical (unpaired) electrons. The van der Waals surface area contributed by atoms with Crippen molar-refractivity contribution in [3.05, 3.63) is 70.7 Å². The number of rotatable bonds is 5. The maximum Gasteiger partial charge on any atom is 0.416 e. The highest BCUT2D eigenvalue weighted by Crippen LogP contribution is 2.47. The Bertz CT molecular complexity index is 1320. The van der Waals surface area contributed by atoms with Crippen LogP contribution in [-0.4, -0.2) is 41.9 Å². The van der Waals surface area contributed by atoms with Crippen LogP contribution in [-0.2, 0) is 11.0 Å². The molecule has 3 aromatic rings. The normalized spacial score (nSPS) is 19.3. The van der Waals surface area contributed by atoms with Crippen LogP contribution in [0.5, 0.6) is 17.2 Å². The number of Topliss-reactive ketones (excluding diaryl/α,β-unsaturated/α-hetero) is 1. The molecule has 0 bridgehead atoms. The first-order valence-electron chi connectivity index (χ1n) is 11.1. The molecule has 1 aromatic heterocycles. The van der Waals surface area contributed by atoms with Crippen LogP contribution in [0.2, 0.25) is 0 Å². The van der Waals surface area contributed by atoms with Crippen molar-refractivity contribution in [2.24, 2.45) is 0 Å². The van der Waals surface area contributed by atoms with Gasteiger partial charge >= 0.3 is 6.18 Å². The summed E-state index contributed by atoms with van der Waals surface area (Å²) in [6.45, 7) is 0. The molecule has 188 valence electrons. The molecule has 0 saturated carbocycles. The van der Waals surface area contributed by atoms with Crippen LogP contribution >= 0.6 is 0 Å². The van der Waals surface area contributed by atoms with E-state index in [0.717, 1.165) is 17.7 Å². The molecular weight excluding hydrogens is 477 g/mol. The molecule has 8 nitrogen and oxygen atoms in total. The highest BCUT2D eigenvalue weighted by Gasteiger charge is 2.40. The zero-order valence-corrected chi connectivity index (χ0v) is 19.7. The van der Waals surface area contributed by atoms with Gasteiger partial charge in [-0.2, -0.15) is 23.3 Å². The zero-order valence-electron chi connectivity index (χ0n) is 19.7. The van der Waals surface area contributed by atoms with E-state index >= 15 is 0 Å². The van der Waals surface area contributed by atoms with E-state index in [-0.39, 0.29) is 18.1 Å². The molecule has 2 aromatic carbocycles. The van der Waals surface area contributed by atoms with Gasteiger partial charge in [-0.15, -0.1) is 0 Å². The van der Waals surface area contributed by atoms with Crippen LogP contribution in [0.1, 0.15) is 41.5 Å². The molecule has 0 spiro atoms. The number of carbonyl (C=O) groups excluding carboxylic acids is 1. The van der Waals surface area contributed by atoms with Gasteiger partial charge in [-0.25, -0.2) is 4.68 Å². The minimum absolute atomic E-state index is 0.131. The SMILES string of the molecule is COc1cc([C@@H]2CC(=O)C3=C(C2)Nc2ncnn2[C@@H]3c2ccc(C(F)(F)F)cc2)cc(OC)c1OC. The third kappa shape index (κ3) is 3.94. The van der Waals surface area contributed by atoms with Crippen molar-refractivity contribution in [3.63, 3.8) is 0 Å². The summed E-state index contributed by atoms with van der Waals surface area (Å²) in [5.41, 5.74) is 1.73. The lowest BCUT2D eigenvalue weighted by molar-refractivity contribution is -0.137. The Morgan fingerprint density at radius 1 is 0.972 bits per heavy atom. The van der Waals surface area contributed by atoms with Crippen LogP contribution in [0.3, 0.4) is 0 Å². The molecule has 1 aliphatic carbocycles. The monoisotopic (exact) mass is 500 g/mol. The molecule has 2 atom stereocenters. The number of nitrogens with zero attached hydrogens (tertiary/aromatic N) is 3. The van der Waals surface area contributed by atoms with E-state index < -0.39 is 17.8 Å². The van der Waals surface area contributed by atoms with E-state index in [4.69, 9.17) is 14.2 Å². The number of aromatic nitrogens is 3. The van der Waals surface area contributed by atoms with Gasteiger partial charge in [-0.3, -0.25) is 4.79 Å². The van der Waals surface area contributed by atoms with Gasteiger partial charge in [0.05, 0.1) is 26.9 Å². The largest absolute Gasteiger partial charge is 0.493 e. The lowest BCUT2D eigenvalue weighted by atomic mass is 9.77. The predicted molar refractivity (Wildman–Crippen MR) is 123 cm³/mol. The van der Waals surface area contributed by atoms with Gasteiger partial charge in [-0.05, 0) is 47.7 Å². The van der Waals surface area contributed by atoms with Gasteiger partial charge < -0.3 is 19.5 Å². The van der Waals surface area contributed by atoms with Gasteiger partial charge in [0.1, 0.15) is 12.4 Å². The van der Waals surface area contributed by atoms with Gasteiger partial charge in [0.2, 0.25) is 11.7 Å².